The molecule has 0 radical (unpaired) electrons. The predicted molar refractivity (Wildman–Crippen MR) is 89.0 cm³/mol. The second kappa shape index (κ2) is 8.61. The van der Waals surface area contributed by atoms with Crippen LogP contribution in [0.2, 0.25) is 0 Å². The number of likely N-dealkylation sites (N-methyl/N-ethyl adjacent to an activating group) is 1. The topological polar surface area (TPSA) is 114 Å². The van der Waals surface area contributed by atoms with Crippen LogP contribution in [0.3, 0.4) is 0 Å². The molecule has 2 rings (SSSR count). The van der Waals surface area contributed by atoms with Crippen LogP contribution in [-0.4, -0.2) is 47.0 Å². The first kappa shape index (κ1) is 19.1. The summed E-state index contributed by atoms with van der Waals surface area (Å²) >= 11 is 1.38. The van der Waals surface area contributed by atoms with Gasteiger partial charge in [0.05, 0.1) is 11.6 Å². The summed E-state index contributed by atoms with van der Waals surface area (Å²) in [4.78, 5) is 29.5. The summed E-state index contributed by atoms with van der Waals surface area (Å²) < 4.78 is 4.85. The first-order valence-electron chi connectivity index (χ1n) is 6.62. The number of rotatable bonds is 6. The molecule has 126 valence electrons. The highest BCUT2D eigenvalue weighted by Gasteiger charge is 2.18. The van der Waals surface area contributed by atoms with Crippen LogP contribution in [0, 0.1) is 6.92 Å². The molecule has 2 aromatic heterocycles. The number of amides is 2. The van der Waals surface area contributed by atoms with E-state index < -0.39 is 0 Å². The van der Waals surface area contributed by atoms with Gasteiger partial charge in [-0.3, -0.25) is 9.59 Å². The van der Waals surface area contributed by atoms with E-state index in [1.165, 1.54) is 23.3 Å². The minimum atomic E-state index is -0.360. The molecule has 2 heterocycles. The first-order valence-corrected chi connectivity index (χ1v) is 7.50. The third-order valence-corrected chi connectivity index (χ3v) is 3.66. The zero-order valence-electron chi connectivity index (χ0n) is 12.7. The maximum absolute atomic E-state index is 12.2. The molecule has 0 atom stereocenters. The number of nitrogens with one attached hydrogen (secondary N) is 1. The van der Waals surface area contributed by atoms with Gasteiger partial charge in [-0.1, -0.05) is 5.16 Å². The normalized spacial score (nSPS) is 10.0. The average molecular weight is 360 g/mol. The fourth-order valence-corrected chi connectivity index (χ4v) is 2.53. The number of aromatic nitrogens is 2. The molecule has 0 aliphatic rings. The van der Waals surface area contributed by atoms with Crippen LogP contribution >= 0.6 is 23.7 Å². The standard InChI is InChI=1S/C13H17N5O3S.ClH/c1-8-5-10(17-21-8)16-11(19)6-18(2)13(20)9-7-22-12(15-9)3-4-14;/h5,7H,3-4,6,14H2,1-2H3,(H,16,17,19);1H. The summed E-state index contributed by atoms with van der Waals surface area (Å²) in [5.74, 6) is 0.240. The number of nitrogens with two attached hydrogens (primary N) is 1. The molecule has 2 aromatic rings. The van der Waals surface area contributed by atoms with Crippen molar-refractivity contribution in [3.63, 3.8) is 0 Å². The SMILES string of the molecule is Cc1cc(NC(=O)CN(C)C(=O)c2csc(CCN)n2)no1.Cl. The van der Waals surface area contributed by atoms with E-state index in [0.717, 1.165) is 5.01 Å². The molecule has 2 amide bonds. The maximum Gasteiger partial charge on any atom is 0.273 e. The largest absolute Gasteiger partial charge is 0.360 e. The van der Waals surface area contributed by atoms with E-state index in [1.54, 1.807) is 18.4 Å². The molecule has 0 aromatic carbocycles. The monoisotopic (exact) mass is 359 g/mol. The lowest BCUT2D eigenvalue weighted by Crippen LogP contribution is -2.35. The average Bonchev–Trinajstić information content (AvgIpc) is 3.07. The van der Waals surface area contributed by atoms with Crippen molar-refractivity contribution >= 4 is 41.4 Å². The van der Waals surface area contributed by atoms with Gasteiger partial charge in [0.25, 0.3) is 5.91 Å². The van der Waals surface area contributed by atoms with Gasteiger partial charge in [0.1, 0.15) is 11.5 Å². The molecule has 3 N–H and O–H groups in total. The van der Waals surface area contributed by atoms with E-state index in [0.29, 0.717) is 30.2 Å². The van der Waals surface area contributed by atoms with Crippen molar-refractivity contribution in [3.8, 4) is 0 Å². The molecule has 0 aliphatic heterocycles. The molecule has 0 fully saturated rings. The van der Waals surface area contributed by atoms with E-state index in [4.69, 9.17) is 10.3 Å². The molecule has 0 spiro atoms. The van der Waals surface area contributed by atoms with Gasteiger partial charge in [-0.2, -0.15) is 0 Å². The molecule has 0 saturated heterocycles. The van der Waals surface area contributed by atoms with Crippen molar-refractivity contribution in [3.05, 3.63) is 27.9 Å². The Bertz CT molecular complexity index is 672. The number of halogens is 1. The highest BCUT2D eigenvalue weighted by molar-refractivity contribution is 7.09. The van der Waals surface area contributed by atoms with E-state index in [-0.39, 0.29) is 30.8 Å². The molecule has 0 unspecified atom stereocenters. The molecular formula is C13H18ClN5O3S. The van der Waals surface area contributed by atoms with Gasteiger partial charge in [0.2, 0.25) is 5.91 Å². The van der Waals surface area contributed by atoms with E-state index in [2.05, 4.69) is 15.5 Å². The predicted octanol–water partition coefficient (Wildman–Crippen LogP) is 1.07. The summed E-state index contributed by atoms with van der Waals surface area (Å²) in [6.07, 6.45) is 0.633. The van der Waals surface area contributed by atoms with Crippen LogP contribution in [0.5, 0.6) is 0 Å². The fraction of sp³-hybridized carbons (Fsp3) is 0.385. The molecule has 0 bridgehead atoms. The van der Waals surface area contributed by atoms with Crippen LogP contribution in [0.4, 0.5) is 5.82 Å². The number of hydrogen-bond acceptors (Lipinski definition) is 7. The van der Waals surface area contributed by atoms with Crippen LogP contribution in [0.1, 0.15) is 21.3 Å². The summed E-state index contributed by atoms with van der Waals surface area (Å²) in [7, 11) is 1.54. The summed E-state index contributed by atoms with van der Waals surface area (Å²) in [6.45, 7) is 2.10. The van der Waals surface area contributed by atoms with Crippen molar-refractivity contribution in [2.45, 2.75) is 13.3 Å². The Morgan fingerprint density at radius 3 is 2.83 bits per heavy atom. The molecule has 23 heavy (non-hydrogen) atoms. The summed E-state index contributed by atoms with van der Waals surface area (Å²) in [6, 6.07) is 1.60. The number of anilines is 1. The Kier molecular flexibility index (Phi) is 7.14. The molecule has 0 aliphatic carbocycles. The van der Waals surface area contributed by atoms with Crippen molar-refractivity contribution in [1.29, 1.82) is 0 Å². The Labute approximate surface area is 143 Å². The quantitative estimate of drug-likeness (QED) is 0.797. The Morgan fingerprint density at radius 2 is 2.22 bits per heavy atom. The molecule has 0 saturated carbocycles. The Hall–Kier alpha value is -1.97. The van der Waals surface area contributed by atoms with Gasteiger partial charge < -0.3 is 20.5 Å². The summed E-state index contributed by atoms with van der Waals surface area (Å²) in [5.41, 5.74) is 5.77. The van der Waals surface area contributed by atoms with Crippen molar-refractivity contribution in [2.75, 3.05) is 25.5 Å². The van der Waals surface area contributed by atoms with E-state index >= 15 is 0 Å². The van der Waals surface area contributed by atoms with Gasteiger partial charge in [-0.15, -0.1) is 23.7 Å². The highest BCUT2D eigenvalue weighted by Crippen LogP contribution is 2.12. The van der Waals surface area contributed by atoms with Crippen LogP contribution in [-0.2, 0) is 11.2 Å². The lowest BCUT2D eigenvalue weighted by molar-refractivity contribution is -0.116. The van der Waals surface area contributed by atoms with Crippen LogP contribution < -0.4 is 11.1 Å². The smallest absolute Gasteiger partial charge is 0.273 e. The first-order chi connectivity index (χ1) is 10.5. The minimum absolute atomic E-state index is 0. The Morgan fingerprint density at radius 1 is 1.48 bits per heavy atom. The van der Waals surface area contributed by atoms with Gasteiger partial charge in [0, 0.05) is 24.9 Å². The second-order valence-corrected chi connectivity index (χ2v) is 5.64. The maximum atomic E-state index is 12.2. The van der Waals surface area contributed by atoms with Crippen molar-refractivity contribution < 1.29 is 14.1 Å². The van der Waals surface area contributed by atoms with Gasteiger partial charge >= 0.3 is 0 Å². The number of carbonyl (C=O) groups excluding carboxylic acids is 2. The fourth-order valence-electron chi connectivity index (χ4n) is 1.74. The minimum Gasteiger partial charge on any atom is -0.360 e. The number of hydrogen-bond donors (Lipinski definition) is 2. The van der Waals surface area contributed by atoms with Crippen molar-refractivity contribution in [2.24, 2.45) is 5.73 Å². The van der Waals surface area contributed by atoms with Crippen LogP contribution in [0.15, 0.2) is 16.0 Å². The van der Waals surface area contributed by atoms with Crippen LogP contribution in [0.25, 0.3) is 0 Å². The summed E-state index contributed by atoms with van der Waals surface area (Å²) in [5, 5.41) is 8.69. The second-order valence-electron chi connectivity index (χ2n) is 4.70. The van der Waals surface area contributed by atoms with Crippen molar-refractivity contribution in [1.82, 2.24) is 15.0 Å². The molecule has 10 heteroatoms. The molecular weight excluding hydrogens is 342 g/mol. The molecule has 8 nitrogen and oxygen atoms in total. The lowest BCUT2D eigenvalue weighted by atomic mass is 10.4. The number of aryl methyl sites for hydroxylation is 1. The third kappa shape index (κ3) is 5.31. The van der Waals surface area contributed by atoms with Gasteiger partial charge in [0.15, 0.2) is 5.82 Å². The zero-order valence-corrected chi connectivity index (χ0v) is 14.4. The highest BCUT2D eigenvalue weighted by atomic mass is 35.5. The third-order valence-electron chi connectivity index (χ3n) is 2.75. The van der Waals surface area contributed by atoms with Gasteiger partial charge in [-0.25, -0.2) is 4.98 Å². The Balaban J connectivity index is 0.00000264. The zero-order chi connectivity index (χ0) is 16.1. The van der Waals surface area contributed by atoms with E-state index in [1.807, 2.05) is 0 Å². The lowest BCUT2D eigenvalue weighted by Gasteiger charge is -2.14. The number of carbonyl (C=O) groups is 2. The number of thiazole rings is 1. The van der Waals surface area contributed by atoms with E-state index in [9.17, 15) is 9.59 Å². The van der Waals surface area contributed by atoms with Gasteiger partial charge in [-0.05, 0) is 13.5 Å². The number of nitrogens with zero attached hydrogens (tertiary/aromatic N) is 3.